The van der Waals surface area contributed by atoms with Crippen LogP contribution in [0.2, 0.25) is 0 Å². The van der Waals surface area contributed by atoms with Crippen LogP contribution in [0.4, 0.5) is 0 Å². The van der Waals surface area contributed by atoms with Crippen LogP contribution in [0.3, 0.4) is 0 Å². The molecule has 0 fully saturated rings. The molecule has 115 valence electrons. The molecule has 0 atom stereocenters. The molecule has 4 rings (SSSR count). The Kier molecular flexibility index (Phi) is 3.72. The number of nitrogens with zero attached hydrogens (tertiary/aromatic N) is 2. The molecule has 2 heteroatoms. The second-order valence-electron chi connectivity index (χ2n) is 5.69. The van der Waals surface area contributed by atoms with Crippen molar-refractivity contribution in [3.63, 3.8) is 0 Å². The monoisotopic (exact) mass is 309 g/mol. The minimum atomic E-state index is -0.524. The summed E-state index contributed by atoms with van der Waals surface area (Å²) in [5.74, 6) is 0. The molecule has 0 amide bonds. The fourth-order valence-corrected chi connectivity index (χ4v) is 3.35. The predicted octanol–water partition coefficient (Wildman–Crippen LogP) is 4.52. The third-order valence-corrected chi connectivity index (χ3v) is 4.37. The van der Waals surface area contributed by atoms with Crippen molar-refractivity contribution in [3.05, 3.63) is 126 Å². The lowest BCUT2D eigenvalue weighted by Crippen LogP contribution is -2.38. The van der Waals surface area contributed by atoms with Crippen molar-refractivity contribution in [2.45, 2.75) is 5.54 Å². The van der Waals surface area contributed by atoms with Gasteiger partial charge in [0.25, 0.3) is 0 Å². The van der Waals surface area contributed by atoms with E-state index in [0.29, 0.717) is 0 Å². The van der Waals surface area contributed by atoms with Crippen LogP contribution in [0.1, 0.15) is 16.7 Å². The highest BCUT2D eigenvalue weighted by Gasteiger charge is 2.38. The minimum Gasteiger partial charge on any atom is -0.252 e. The van der Waals surface area contributed by atoms with Crippen molar-refractivity contribution < 1.29 is 0 Å². The van der Waals surface area contributed by atoms with Crippen LogP contribution in [-0.4, -0.2) is 9.78 Å². The van der Waals surface area contributed by atoms with E-state index in [4.69, 9.17) is 0 Å². The van der Waals surface area contributed by atoms with Crippen molar-refractivity contribution in [3.8, 4) is 0 Å². The Morgan fingerprint density at radius 2 is 1.04 bits per heavy atom. The van der Waals surface area contributed by atoms with Gasteiger partial charge in [-0.2, -0.15) is 5.10 Å². The Hall–Kier alpha value is -3.13. The molecule has 4 aromatic rings. The Bertz CT molecular complexity index is 786. The minimum absolute atomic E-state index is 0.524. The molecule has 0 saturated heterocycles. The smallest absolute Gasteiger partial charge is 0.138 e. The molecule has 1 aromatic heterocycles. The van der Waals surface area contributed by atoms with Crippen molar-refractivity contribution in [1.29, 1.82) is 0 Å². The summed E-state index contributed by atoms with van der Waals surface area (Å²) in [6.07, 6.45) is 3.62. The van der Waals surface area contributed by atoms with E-state index >= 15 is 0 Å². The summed E-state index contributed by atoms with van der Waals surface area (Å²) < 4.78 is 1.99. The summed E-state index contributed by atoms with van der Waals surface area (Å²) >= 11 is 0. The summed E-state index contributed by atoms with van der Waals surface area (Å²) in [6.45, 7) is 0. The first-order chi connectivity index (χ1) is 11.9. The van der Waals surface area contributed by atoms with E-state index in [1.165, 1.54) is 16.7 Å². The van der Waals surface area contributed by atoms with Gasteiger partial charge in [-0.25, -0.2) is 0 Å². The SMILES string of the molecule is [c]1cnn(C(c2ccccc2)(c2ccccc2)c2ccccc2)c1. The van der Waals surface area contributed by atoms with Crippen LogP contribution in [0.5, 0.6) is 0 Å². The van der Waals surface area contributed by atoms with Crippen molar-refractivity contribution >= 4 is 0 Å². The molecule has 0 saturated carbocycles. The van der Waals surface area contributed by atoms with Crippen LogP contribution < -0.4 is 0 Å². The zero-order valence-corrected chi connectivity index (χ0v) is 13.2. The maximum Gasteiger partial charge on any atom is 0.138 e. The van der Waals surface area contributed by atoms with Gasteiger partial charge >= 0.3 is 0 Å². The molecule has 0 unspecified atom stereocenters. The van der Waals surface area contributed by atoms with Crippen molar-refractivity contribution in [2.75, 3.05) is 0 Å². The third-order valence-electron chi connectivity index (χ3n) is 4.37. The van der Waals surface area contributed by atoms with Gasteiger partial charge in [0, 0.05) is 12.3 Å². The van der Waals surface area contributed by atoms with Crippen LogP contribution in [0, 0.1) is 6.07 Å². The lowest BCUT2D eigenvalue weighted by molar-refractivity contribution is 0.460. The van der Waals surface area contributed by atoms with Crippen LogP contribution >= 0.6 is 0 Å². The third kappa shape index (κ3) is 2.24. The second kappa shape index (κ2) is 6.17. The van der Waals surface area contributed by atoms with Crippen LogP contribution in [0.25, 0.3) is 0 Å². The first kappa shape index (κ1) is 14.5. The number of aromatic nitrogens is 2. The Labute approximate surface area is 142 Å². The van der Waals surface area contributed by atoms with Crippen LogP contribution in [0.15, 0.2) is 103 Å². The van der Waals surface area contributed by atoms with Crippen molar-refractivity contribution in [2.24, 2.45) is 0 Å². The molecule has 0 aliphatic carbocycles. The van der Waals surface area contributed by atoms with Crippen LogP contribution in [-0.2, 0) is 5.54 Å². The van der Waals surface area contributed by atoms with E-state index in [2.05, 4.69) is 84.0 Å². The molecule has 3 aromatic carbocycles. The molecule has 0 spiro atoms. The van der Waals surface area contributed by atoms with Gasteiger partial charge in [-0.05, 0) is 16.7 Å². The average Bonchev–Trinajstić information content (AvgIpc) is 3.20. The summed E-state index contributed by atoms with van der Waals surface area (Å²) in [7, 11) is 0. The zero-order chi connectivity index (χ0) is 16.2. The van der Waals surface area contributed by atoms with Gasteiger partial charge in [-0.15, -0.1) is 0 Å². The first-order valence-electron chi connectivity index (χ1n) is 8.00. The zero-order valence-electron chi connectivity index (χ0n) is 13.2. The number of hydrogen-bond donors (Lipinski definition) is 0. The molecule has 24 heavy (non-hydrogen) atoms. The van der Waals surface area contributed by atoms with E-state index in [9.17, 15) is 0 Å². The maximum absolute atomic E-state index is 4.58. The summed E-state index contributed by atoms with van der Waals surface area (Å²) in [5.41, 5.74) is 2.97. The first-order valence-corrected chi connectivity index (χ1v) is 8.00. The normalized spacial score (nSPS) is 11.3. The van der Waals surface area contributed by atoms with E-state index < -0.39 is 5.54 Å². The lowest BCUT2D eigenvalue weighted by atomic mass is 9.77. The van der Waals surface area contributed by atoms with Gasteiger partial charge in [0.15, 0.2) is 0 Å². The molecule has 1 radical (unpaired) electrons. The van der Waals surface area contributed by atoms with Gasteiger partial charge in [-0.3, -0.25) is 4.68 Å². The topological polar surface area (TPSA) is 17.8 Å². The van der Waals surface area contributed by atoms with Gasteiger partial charge in [0.2, 0.25) is 0 Å². The molecular weight excluding hydrogens is 292 g/mol. The van der Waals surface area contributed by atoms with E-state index in [1.807, 2.05) is 29.1 Å². The van der Waals surface area contributed by atoms with E-state index in [-0.39, 0.29) is 0 Å². The van der Waals surface area contributed by atoms with Gasteiger partial charge in [0.1, 0.15) is 5.54 Å². The highest BCUT2D eigenvalue weighted by atomic mass is 15.3. The van der Waals surface area contributed by atoms with E-state index in [0.717, 1.165) is 0 Å². The van der Waals surface area contributed by atoms with Crippen molar-refractivity contribution in [1.82, 2.24) is 9.78 Å². The highest BCUT2D eigenvalue weighted by molar-refractivity contribution is 5.50. The Morgan fingerprint density at radius 3 is 1.38 bits per heavy atom. The standard InChI is InChI=1S/C22H17N2/c1-4-11-19(12-5-1)22(24-18-10-17-23-24,20-13-6-2-7-14-20)21-15-8-3-9-16-21/h1-9,11-18H. The largest absolute Gasteiger partial charge is 0.252 e. The molecule has 0 aliphatic heterocycles. The molecular formula is C22H17N2. The summed E-state index contributed by atoms with van der Waals surface area (Å²) in [6, 6.07) is 34.6. The Balaban J connectivity index is 2.12. The van der Waals surface area contributed by atoms with E-state index in [1.54, 1.807) is 6.20 Å². The Morgan fingerprint density at radius 1 is 0.625 bits per heavy atom. The number of hydrogen-bond acceptors (Lipinski definition) is 1. The summed E-state index contributed by atoms with van der Waals surface area (Å²) in [5, 5.41) is 4.58. The average molecular weight is 309 g/mol. The predicted molar refractivity (Wildman–Crippen MR) is 95.7 cm³/mol. The molecule has 0 aliphatic rings. The van der Waals surface area contributed by atoms with Gasteiger partial charge in [-0.1, -0.05) is 91.0 Å². The number of benzene rings is 3. The number of rotatable bonds is 4. The van der Waals surface area contributed by atoms with Gasteiger partial charge in [0.05, 0.1) is 6.20 Å². The maximum atomic E-state index is 4.58. The quantitative estimate of drug-likeness (QED) is 0.507. The lowest BCUT2D eigenvalue weighted by Gasteiger charge is -2.36. The van der Waals surface area contributed by atoms with Gasteiger partial charge < -0.3 is 0 Å². The molecule has 0 bridgehead atoms. The molecule has 1 heterocycles. The fraction of sp³-hybridized carbons (Fsp3) is 0.0455. The molecule has 2 nitrogen and oxygen atoms in total. The highest BCUT2D eigenvalue weighted by Crippen LogP contribution is 2.39. The second-order valence-corrected chi connectivity index (χ2v) is 5.69. The summed E-state index contributed by atoms with van der Waals surface area (Å²) in [4.78, 5) is 0. The molecule has 0 N–H and O–H groups in total. The fourth-order valence-electron chi connectivity index (χ4n) is 3.35.